The summed E-state index contributed by atoms with van der Waals surface area (Å²) in [5.41, 5.74) is 1.32. The van der Waals surface area contributed by atoms with Gasteiger partial charge in [-0.1, -0.05) is 47.6 Å². The van der Waals surface area contributed by atoms with Gasteiger partial charge >= 0.3 is 0 Å². The smallest absolute Gasteiger partial charge is 0.0541 e. The minimum absolute atomic E-state index is 0. The molecule has 1 fully saturated rings. The van der Waals surface area contributed by atoms with E-state index in [4.69, 9.17) is 11.6 Å². The quantitative estimate of drug-likeness (QED) is 0.650. The maximum atomic E-state index is 5.99. The van der Waals surface area contributed by atoms with Gasteiger partial charge in [-0.2, -0.15) is 0 Å². The minimum Gasteiger partial charge on any atom is -0.314 e. The number of nitrogens with zero attached hydrogens (tertiary/aromatic N) is 1. The van der Waals surface area contributed by atoms with Gasteiger partial charge in [0.2, 0.25) is 0 Å². The Kier molecular flexibility index (Phi) is 9.95. The van der Waals surface area contributed by atoms with Gasteiger partial charge in [0.25, 0.3) is 0 Å². The van der Waals surface area contributed by atoms with Crippen LogP contribution >= 0.6 is 48.2 Å². The molecule has 1 saturated heterocycles. The second kappa shape index (κ2) is 11.1. The van der Waals surface area contributed by atoms with E-state index in [0.29, 0.717) is 0 Å². The summed E-state index contributed by atoms with van der Waals surface area (Å²) in [5, 5.41) is 4.18. The molecule has 0 bridgehead atoms. The third-order valence-corrected chi connectivity index (χ3v) is 5.40. The summed E-state index contributed by atoms with van der Waals surface area (Å²) in [6, 6.07) is 16.9. The van der Waals surface area contributed by atoms with Gasteiger partial charge in [-0.15, -0.1) is 31.4 Å². The van der Waals surface area contributed by atoms with E-state index in [9.17, 15) is 0 Å². The average molecular weight is 418 g/mol. The second-order valence-electron chi connectivity index (χ2n) is 5.56. The summed E-state index contributed by atoms with van der Waals surface area (Å²) in [4.78, 5) is 4.97. The molecule has 1 aliphatic rings. The fourth-order valence-electron chi connectivity index (χ4n) is 2.88. The maximum absolute atomic E-state index is 5.99. The zero-order chi connectivity index (χ0) is 16.1. The van der Waals surface area contributed by atoms with Gasteiger partial charge in [0.15, 0.2) is 0 Å². The van der Waals surface area contributed by atoms with Gasteiger partial charge in [0.1, 0.15) is 0 Å². The van der Waals surface area contributed by atoms with E-state index in [1.807, 2.05) is 12.1 Å². The van der Waals surface area contributed by atoms with Crippen LogP contribution in [-0.4, -0.2) is 31.1 Å². The van der Waals surface area contributed by atoms with Crippen molar-refractivity contribution in [2.24, 2.45) is 0 Å². The van der Waals surface area contributed by atoms with Crippen LogP contribution in [0.3, 0.4) is 0 Å². The molecule has 1 heterocycles. The molecule has 2 aromatic rings. The van der Waals surface area contributed by atoms with Crippen molar-refractivity contribution in [3.63, 3.8) is 0 Å². The zero-order valence-corrected chi connectivity index (χ0v) is 17.1. The van der Waals surface area contributed by atoms with Crippen LogP contribution in [0.1, 0.15) is 11.6 Å². The molecule has 0 amide bonds. The first-order chi connectivity index (χ1) is 11.3. The molecule has 2 nitrogen and oxygen atoms in total. The molecule has 0 aromatic heterocycles. The van der Waals surface area contributed by atoms with E-state index in [1.165, 1.54) is 15.4 Å². The van der Waals surface area contributed by atoms with Crippen molar-refractivity contribution in [2.75, 3.05) is 26.2 Å². The highest BCUT2D eigenvalue weighted by molar-refractivity contribution is 7.99. The summed E-state index contributed by atoms with van der Waals surface area (Å²) < 4.78 is 0. The predicted octanol–water partition coefficient (Wildman–Crippen LogP) is 5.47. The summed E-state index contributed by atoms with van der Waals surface area (Å²) in [6.45, 7) is 8.27. The van der Waals surface area contributed by atoms with Crippen LogP contribution in [-0.2, 0) is 0 Å². The van der Waals surface area contributed by atoms with Crippen molar-refractivity contribution in [1.82, 2.24) is 10.2 Å². The molecule has 6 heteroatoms. The molecule has 3 rings (SSSR count). The Bertz CT molecular complexity index is 658. The van der Waals surface area contributed by atoms with Crippen molar-refractivity contribution in [3.8, 4) is 0 Å². The van der Waals surface area contributed by atoms with Crippen LogP contribution < -0.4 is 5.32 Å². The van der Waals surface area contributed by atoms with E-state index in [0.717, 1.165) is 31.2 Å². The lowest BCUT2D eigenvalue weighted by molar-refractivity contribution is 0.202. The van der Waals surface area contributed by atoms with Crippen molar-refractivity contribution >= 4 is 48.2 Å². The van der Waals surface area contributed by atoms with Crippen molar-refractivity contribution < 1.29 is 0 Å². The van der Waals surface area contributed by atoms with Gasteiger partial charge in [-0.25, -0.2) is 0 Å². The van der Waals surface area contributed by atoms with Crippen LogP contribution in [0.15, 0.2) is 71.0 Å². The topological polar surface area (TPSA) is 15.3 Å². The van der Waals surface area contributed by atoms with E-state index in [2.05, 4.69) is 59.3 Å². The SMILES string of the molecule is C=C[C@H](c1ccccc1Sc1ccc(Cl)cc1)N1CCNCC1.Cl.Cl. The third kappa shape index (κ3) is 5.92. The van der Waals surface area contributed by atoms with Crippen LogP contribution in [0.4, 0.5) is 0 Å². The summed E-state index contributed by atoms with van der Waals surface area (Å²) in [7, 11) is 0. The Balaban J connectivity index is 0.00000156. The molecule has 0 radical (unpaired) electrons. The number of piperazine rings is 1. The van der Waals surface area contributed by atoms with Gasteiger partial charge in [-0.05, 0) is 35.9 Å². The fraction of sp³-hybridized carbons (Fsp3) is 0.263. The van der Waals surface area contributed by atoms with Gasteiger partial charge < -0.3 is 5.32 Å². The lowest BCUT2D eigenvalue weighted by atomic mass is 10.0. The summed E-state index contributed by atoms with van der Waals surface area (Å²) >= 11 is 7.77. The Morgan fingerprint density at radius 1 is 1.04 bits per heavy atom. The lowest BCUT2D eigenvalue weighted by Crippen LogP contribution is -2.44. The number of rotatable bonds is 5. The molecule has 1 aliphatic heterocycles. The molecule has 25 heavy (non-hydrogen) atoms. The summed E-state index contributed by atoms with van der Waals surface area (Å²) in [6.07, 6.45) is 2.06. The Hall–Kier alpha value is -0.680. The van der Waals surface area contributed by atoms with E-state index >= 15 is 0 Å². The van der Waals surface area contributed by atoms with Gasteiger partial charge in [0, 0.05) is 41.0 Å². The molecule has 1 atom stereocenters. The highest BCUT2D eigenvalue weighted by Crippen LogP contribution is 2.36. The van der Waals surface area contributed by atoms with Crippen molar-refractivity contribution in [1.29, 1.82) is 0 Å². The third-order valence-electron chi connectivity index (χ3n) is 4.05. The van der Waals surface area contributed by atoms with Gasteiger partial charge in [-0.3, -0.25) is 4.90 Å². The van der Waals surface area contributed by atoms with Gasteiger partial charge in [0.05, 0.1) is 6.04 Å². The second-order valence-corrected chi connectivity index (χ2v) is 7.11. The number of nitrogens with one attached hydrogen (secondary N) is 1. The molecule has 136 valence electrons. The zero-order valence-electron chi connectivity index (χ0n) is 13.9. The predicted molar refractivity (Wildman–Crippen MR) is 114 cm³/mol. The Labute approximate surface area is 171 Å². The molecule has 0 aliphatic carbocycles. The first-order valence-corrected chi connectivity index (χ1v) is 9.07. The lowest BCUT2D eigenvalue weighted by Gasteiger charge is -2.34. The largest absolute Gasteiger partial charge is 0.314 e. The summed E-state index contributed by atoms with van der Waals surface area (Å²) in [5.74, 6) is 0. The van der Waals surface area contributed by atoms with E-state index in [1.54, 1.807) is 11.8 Å². The minimum atomic E-state index is 0. The Morgan fingerprint density at radius 3 is 2.32 bits per heavy atom. The number of halogens is 3. The number of benzene rings is 2. The molecular weight excluding hydrogens is 395 g/mol. The molecular formula is C19H23Cl3N2S. The van der Waals surface area contributed by atoms with Crippen LogP contribution in [0.25, 0.3) is 0 Å². The fourth-order valence-corrected chi connectivity index (χ4v) is 3.99. The standard InChI is InChI=1S/C19H21ClN2S.2ClH/c1-2-18(22-13-11-21-12-14-22)17-5-3-4-6-19(17)23-16-9-7-15(20)8-10-16;;/h2-10,18,21H,1,11-14H2;2*1H/t18-;;/m1../s1. The Morgan fingerprint density at radius 2 is 1.68 bits per heavy atom. The molecule has 0 unspecified atom stereocenters. The number of hydrogen-bond acceptors (Lipinski definition) is 3. The monoisotopic (exact) mass is 416 g/mol. The van der Waals surface area contributed by atoms with Crippen LogP contribution in [0.2, 0.25) is 5.02 Å². The maximum Gasteiger partial charge on any atom is 0.0541 e. The first kappa shape index (κ1) is 22.4. The van der Waals surface area contributed by atoms with Crippen molar-refractivity contribution in [3.05, 3.63) is 71.8 Å². The van der Waals surface area contributed by atoms with Crippen LogP contribution in [0.5, 0.6) is 0 Å². The average Bonchev–Trinajstić information content (AvgIpc) is 2.60. The molecule has 2 aromatic carbocycles. The molecule has 0 spiro atoms. The normalized spacial score (nSPS) is 15.6. The number of hydrogen-bond donors (Lipinski definition) is 1. The molecule has 1 N–H and O–H groups in total. The van der Waals surface area contributed by atoms with Crippen molar-refractivity contribution in [2.45, 2.75) is 15.8 Å². The highest BCUT2D eigenvalue weighted by atomic mass is 35.5. The highest BCUT2D eigenvalue weighted by Gasteiger charge is 2.21. The van der Waals surface area contributed by atoms with E-state index < -0.39 is 0 Å². The molecule has 0 saturated carbocycles. The van der Waals surface area contributed by atoms with Crippen LogP contribution in [0, 0.1) is 0 Å². The van der Waals surface area contributed by atoms with E-state index in [-0.39, 0.29) is 30.9 Å². The first-order valence-electron chi connectivity index (χ1n) is 7.87.